The first-order valence-corrected chi connectivity index (χ1v) is 4.79. The first-order valence-electron chi connectivity index (χ1n) is 4.00. The van der Waals surface area contributed by atoms with Gasteiger partial charge in [-0.25, -0.2) is 4.39 Å². The third kappa shape index (κ3) is 1.12. The van der Waals surface area contributed by atoms with Crippen LogP contribution in [-0.4, -0.2) is 11.7 Å². The van der Waals surface area contributed by atoms with Crippen LogP contribution < -0.4 is 0 Å². The largest absolute Gasteiger partial charge is 0.376 e. The van der Waals surface area contributed by atoms with Crippen molar-refractivity contribution in [3.8, 4) is 0 Å². The molecule has 0 unspecified atom stereocenters. The van der Waals surface area contributed by atoms with Crippen LogP contribution in [0.3, 0.4) is 0 Å². The van der Waals surface area contributed by atoms with Crippen LogP contribution in [0.4, 0.5) is 22.0 Å². The topological polar surface area (TPSA) is 17.1 Å². The molecule has 1 aromatic carbocycles. The van der Waals surface area contributed by atoms with Gasteiger partial charge < -0.3 is 0 Å². The summed E-state index contributed by atoms with van der Waals surface area (Å²) in [7, 11) is 0. The first-order chi connectivity index (χ1) is 7.21. The molecule has 2 rings (SSSR count). The second-order valence-electron chi connectivity index (χ2n) is 3.26. The van der Waals surface area contributed by atoms with E-state index in [0.29, 0.717) is 12.1 Å². The van der Waals surface area contributed by atoms with Gasteiger partial charge >= 0.3 is 11.8 Å². The van der Waals surface area contributed by atoms with E-state index in [1.165, 1.54) is 0 Å². The number of fused-ring (bicyclic) bond motifs is 1. The van der Waals surface area contributed by atoms with E-state index in [1.54, 1.807) is 0 Å². The number of alkyl halides is 4. The van der Waals surface area contributed by atoms with Gasteiger partial charge in [0.25, 0.3) is 0 Å². The average Bonchev–Trinajstić information content (AvgIpc) is 2.32. The van der Waals surface area contributed by atoms with E-state index in [9.17, 15) is 26.7 Å². The van der Waals surface area contributed by atoms with Gasteiger partial charge in [-0.15, -0.1) is 0 Å². The summed E-state index contributed by atoms with van der Waals surface area (Å²) in [4.78, 5) is 11.1. The van der Waals surface area contributed by atoms with Crippen LogP contribution in [0.2, 0.25) is 0 Å². The molecule has 0 amide bonds. The van der Waals surface area contributed by atoms with Gasteiger partial charge in [-0.2, -0.15) is 17.6 Å². The number of hydrogen-bond acceptors (Lipinski definition) is 1. The molecular weight excluding hydrogens is 299 g/mol. The van der Waals surface area contributed by atoms with Crippen molar-refractivity contribution in [2.24, 2.45) is 0 Å². The van der Waals surface area contributed by atoms with Crippen molar-refractivity contribution in [1.82, 2.24) is 0 Å². The van der Waals surface area contributed by atoms with Crippen LogP contribution >= 0.6 is 15.9 Å². The summed E-state index contributed by atoms with van der Waals surface area (Å²) in [5, 5.41) is 0. The third-order valence-corrected chi connectivity index (χ3v) is 3.11. The number of halogens is 6. The molecule has 0 bridgehead atoms. The smallest absolute Gasteiger partial charge is 0.287 e. The zero-order valence-corrected chi connectivity index (χ0v) is 8.92. The summed E-state index contributed by atoms with van der Waals surface area (Å²) in [5.41, 5.74) is -2.15. The Morgan fingerprint density at radius 1 is 1.06 bits per heavy atom. The number of carbonyl (C=O) groups excluding carboxylic acids is 1. The van der Waals surface area contributed by atoms with Crippen molar-refractivity contribution in [3.63, 3.8) is 0 Å². The summed E-state index contributed by atoms with van der Waals surface area (Å²) >= 11 is 2.51. The van der Waals surface area contributed by atoms with Crippen molar-refractivity contribution in [2.75, 3.05) is 0 Å². The van der Waals surface area contributed by atoms with E-state index < -0.39 is 39.0 Å². The molecule has 0 saturated heterocycles. The van der Waals surface area contributed by atoms with Crippen molar-refractivity contribution in [2.45, 2.75) is 11.8 Å². The summed E-state index contributed by atoms with van der Waals surface area (Å²) in [6.45, 7) is 0. The Hall–Kier alpha value is -0.980. The Morgan fingerprint density at radius 3 is 2.19 bits per heavy atom. The molecule has 1 nitrogen and oxygen atoms in total. The van der Waals surface area contributed by atoms with Gasteiger partial charge in [0.2, 0.25) is 5.78 Å². The minimum Gasteiger partial charge on any atom is -0.287 e. The molecule has 0 heterocycles. The van der Waals surface area contributed by atoms with Gasteiger partial charge in [0.05, 0.1) is 10.0 Å². The van der Waals surface area contributed by atoms with E-state index >= 15 is 0 Å². The van der Waals surface area contributed by atoms with E-state index in [-0.39, 0.29) is 0 Å². The van der Waals surface area contributed by atoms with E-state index in [2.05, 4.69) is 15.9 Å². The molecule has 0 aliphatic heterocycles. The molecule has 0 spiro atoms. The zero-order valence-electron chi connectivity index (χ0n) is 7.33. The highest BCUT2D eigenvalue weighted by atomic mass is 79.9. The van der Waals surface area contributed by atoms with E-state index in [0.717, 1.165) is 0 Å². The van der Waals surface area contributed by atoms with E-state index in [4.69, 9.17) is 0 Å². The lowest BCUT2D eigenvalue weighted by molar-refractivity contribution is -0.176. The molecule has 0 radical (unpaired) electrons. The SMILES string of the molecule is O=C1c2c(ccc(F)c2Br)C(F)(F)C1(F)F. The fraction of sp³-hybridized carbons (Fsp3) is 0.222. The maximum atomic E-state index is 13.2. The van der Waals surface area contributed by atoms with Crippen LogP contribution in [0, 0.1) is 5.82 Å². The van der Waals surface area contributed by atoms with Crippen molar-refractivity contribution >= 4 is 21.7 Å². The fourth-order valence-corrected chi connectivity index (χ4v) is 2.03. The van der Waals surface area contributed by atoms with E-state index in [1.807, 2.05) is 0 Å². The summed E-state index contributed by atoms with van der Waals surface area (Å²) in [6.07, 6.45) is 0. The second kappa shape index (κ2) is 3.03. The number of carbonyl (C=O) groups is 1. The van der Waals surface area contributed by atoms with Crippen molar-refractivity contribution in [1.29, 1.82) is 0 Å². The minimum atomic E-state index is -4.83. The number of benzene rings is 1. The zero-order chi connectivity index (χ0) is 12.3. The van der Waals surface area contributed by atoms with Gasteiger partial charge in [-0.3, -0.25) is 4.79 Å². The fourth-order valence-electron chi connectivity index (χ4n) is 1.50. The van der Waals surface area contributed by atoms with Crippen LogP contribution in [0.1, 0.15) is 15.9 Å². The Morgan fingerprint density at radius 2 is 1.62 bits per heavy atom. The maximum Gasteiger partial charge on any atom is 0.376 e. The number of rotatable bonds is 0. The molecule has 16 heavy (non-hydrogen) atoms. The first kappa shape index (κ1) is 11.5. The Balaban J connectivity index is 2.83. The van der Waals surface area contributed by atoms with Crippen LogP contribution in [-0.2, 0) is 5.92 Å². The summed E-state index contributed by atoms with van der Waals surface area (Å²) in [5.74, 6) is -12.5. The molecular formula is C9H2BrF5O. The van der Waals surface area contributed by atoms with Gasteiger partial charge in [-0.05, 0) is 28.1 Å². The standard InChI is InChI=1S/C9H2BrF5O/c10-6-4(11)2-1-3-5(6)7(16)9(14,15)8(3,12)13/h1-2H. The van der Waals surface area contributed by atoms with Crippen LogP contribution in [0.15, 0.2) is 16.6 Å². The molecule has 1 aliphatic rings. The molecule has 0 N–H and O–H groups in total. The highest BCUT2D eigenvalue weighted by Gasteiger charge is 2.69. The van der Waals surface area contributed by atoms with Gasteiger partial charge in [0, 0.05) is 5.56 Å². The van der Waals surface area contributed by atoms with Gasteiger partial charge in [0.15, 0.2) is 0 Å². The van der Waals surface area contributed by atoms with Crippen LogP contribution in [0.5, 0.6) is 0 Å². The number of Topliss-reactive ketones (excluding diaryl/α,β-unsaturated/α-hetero) is 1. The van der Waals surface area contributed by atoms with Crippen molar-refractivity contribution in [3.05, 3.63) is 33.5 Å². The molecule has 0 saturated carbocycles. The molecule has 1 aromatic rings. The highest BCUT2D eigenvalue weighted by Crippen LogP contribution is 2.53. The number of ketones is 1. The number of hydrogen-bond donors (Lipinski definition) is 0. The highest BCUT2D eigenvalue weighted by molar-refractivity contribution is 9.10. The molecule has 86 valence electrons. The third-order valence-electron chi connectivity index (χ3n) is 2.34. The molecule has 0 atom stereocenters. The average molecular weight is 301 g/mol. The predicted octanol–water partition coefficient (Wildman–Crippen LogP) is 3.51. The molecule has 1 aliphatic carbocycles. The second-order valence-corrected chi connectivity index (χ2v) is 4.05. The Kier molecular flexibility index (Phi) is 2.18. The summed E-state index contributed by atoms with van der Waals surface area (Å²) < 4.78 is 64.6. The normalized spacial score (nSPS) is 21.0. The molecule has 0 aromatic heterocycles. The lowest BCUT2D eigenvalue weighted by atomic mass is 10.1. The lowest BCUT2D eigenvalue weighted by Gasteiger charge is -2.16. The van der Waals surface area contributed by atoms with Gasteiger partial charge in [-0.1, -0.05) is 0 Å². The molecule has 7 heteroatoms. The predicted molar refractivity (Wildman–Crippen MR) is 47.3 cm³/mol. The van der Waals surface area contributed by atoms with Crippen molar-refractivity contribution < 1.29 is 26.7 Å². The minimum absolute atomic E-state index is 0.494. The maximum absolute atomic E-state index is 13.2. The Labute approximate surface area is 94.4 Å². The lowest BCUT2D eigenvalue weighted by Crippen LogP contribution is -2.37. The monoisotopic (exact) mass is 300 g/mol. The summed E-state index contributed by atoms with van der Waals surface area (Å²) in [6, 6.07) is 1.10. The Bertz CT molecular complexity index is 497. The van der Waals surface area contributed by atoms with Crippen LogP contribution in [0.25, 0.3) is 0 Å². The quantitative estimate of drug-likeness (QED) is 0.670. The van der Waals surface area contributed by atoms with Gasteiger partial charge in [0.1, 0.15) is 5.82 Å². The molecule has 0 fully saturated rings.